The first-order valence-electron chi connectivity index (χ1n) is 6.55. The number of anilines is 1. The number of esters is 1. The number of ether oxygens (including phenoxy) is 1. The molecule has 0 saturated carbocycles. The van der Waals surface area contributed by atoms with E-state index in [1.807, 2.05) is 12.1 Å². The third-order valence-electron chi connectivity index (χ3n) is 2.73. The van der Waals surface area contributed by atoms with Crippen molar-refractivity contribution in [3.8, 4) is 0 Å². The molecule has 0 unspecified atom stereocenters. The molecule has 0 aliphatic carbocycles. The molecule has 108 valence electrons. The standard InChI is InChI=1S/C16H16N2O3/c1-12(19)18-14-7-5-13(6-8-14)10-16(20)21-11-15-4-2-3-9-17-15/h2-9H,10-11H2,1H3,(H,18,19). The van der Waals surface area contributed by atoms with Crippen molar-refractivity contribution >= 4 is 17.6 Å². The molecule has 0 bridgehead atoms. The second kappa shape index (κ2) is 7.19. The van der Waals surface area contributed by atoms with Gasteiger partial charge in [-0.15, -0.1) is 0 Å². The van der Waals surface area contributed by atoms with Crippen LogP contribution in [0.1, 0.15) is 18.2 Å². The van der Waals surface area contributed by atoms with E-state index in [9.17, 15) is 9.59 Å². The molecule has 21 heavy (non-hydrogen) atoms. The van der Waals surface area contributed by atoms with Gasteiger partial charge in [-0.3, -0.25) is 14.6 Å². The number of pyridine rings is 1. The zero-order valence-corrected chi connectivity index (χ0v) is 11.7. The number of nitrogens with zero attached hydrogens (tertiary/aromatic N) is 1. The number of hydrogen-bond donors (Lipinski definition) is 1. The highest BCUT2D eigenvalue weighted by Crippen LogP contribution is 2.10. The average Bonchev–Trinajstić information content (AvgIpc) is 2.48. The molecular weight excluding hydrogens is 268 g/mol. The van der Waals surface area contributed by atoms with Gasteiger partial charge in [-0.25, -0.2) is 0 Å². The van der Waals surface area contributed by atoms with Gasteiger partial charge in [0.05, 0.1) is 12.1 Å². The first-order valence-corrected chi connectivity index (χ1v) is 6.55. The zero-order chi connectivity index (χ0) is 15.1. The van der Waals surface area contributed by atoms with Gasteiger partial charge in [0.25, 0.3) is 0 Å². The van der Waals surface area contributed by atoms with Crippen molar-refractivity contribution in [1.29, 1.82) is 0 Å². The Morgan fingerprint density at radius 3 is 2.52 bits per heavy atom. The molecule has 0 aliphatic heterocycles. The van der Waals surface area contributed by atoms with Crippen LogP contribution in [0.15, 0.2) is 48.7 Å². The number of carbonyl (C=O) groups is 2. The Balaban J connectivity index is 1.83. The molecule has 0 fully saturated rings. The van der Waals surface area contributed by atoms with Crippen LogP contribution in [0.5, 0.6) is 0 Å². The summed E-state index contributed by atoms with van der Waals surface area (Å²) in [7, 11) is 0. The third kappa shape index (κ3) is 5.06. The van der Waals surface area contributed by atoms with Crippen molar-refractivity contribution in [2.75, 3.05) is 5.32 Å². The minimum absolute atomic E-state index is 0.127. The maximum atomic E-state index is 11.7. The minimum Gasteiger partial charge on any atom is -0.459 e. The van der Waals surface area contributed by atoms with Gasteiger partial charge in [0, 0.05) is 18.8 Å². The molecule has 0 aliphatic rings. The van der Waals surface area contributed by atoms with E-state index >= 15 is 0 Å². The topological polar surface area (TPSA) is 68.3 Å². The molecule has 0 atom stereocenters. The van der Waals surface area contributed by atoms with E-state index in [4.69, 9.17) is 4.74 Å². The SMILES string of the molecule is CC(=O)Nc1ccc(CC(=O)OCc2ccccn2)cc1. The molecule has 1 amide bonds. The molecule has 0 radical (unpaired) electrons. The smallest absolute Gasteiger partial charge is 0.310 e. The number of rotatable bonds is 5. The summed E-state index contributed by atoms with van der Waals surface area (Å²) < 4.78 is 5.16. The van der Waals surface area contributed by atoms with E-state index in [-0.39, 0.29) is 24.9 Å². The summed E-state index contributed by atoms with van der Waals surface area (Å²) in [6.45, 7) is 1.62. The Hall–Kier alpha value is -2.69. The van der Waals surface area contributed by atoms with Crippen LogP contribution in [0.2, 0.25) is 0 Å². The Labute approximate surface area is 123 Å². The number of hydrogen-bond acceptors (Lipinski definition) is 4. The Bertz CT molecular complexity index is 609. The second-order valence-corrected chi connectivity index (χ2v) is 4.54. The maximum absolute atomic E-state index is 11.7. The largest absolute Gasteiger partial charge is 0.459 e. The van der Waals surface area contributed by atoms with Gasteiger partial charge < -0.3 is 10.1 Å². The summed E-state index contributed by atoms with van der Waals surface area (Å²) in [5, 5.41) is 2.67. The summed E-state index contributed by atoms with van der Waals surface area (Å²) in [6, 6.07) is 12.5. The van der Waals surface area contributed by atoms with Crippen molar-refractivity contribution in [3.63, 3.8) is 0 Å². The van der Waals surface area contributed by atoms with Crippen LogP contribution in [0.3, 0.4) is 0 Å². The maximum Gasteiger partial charge on any atom is 0.310 e. The van der Waals surface area contributed by atoms with E-state index in [1.165, 1.54) is 6.92 Å². The molecule has 1 aromatic heterocycles. The predicted octanol–water partition coefficient (Wildman–Crippen LogP) is 2.33. The first-order chi connectivity index (χ1) is 10.1. The highest BCUT2D eigenvalue weighted by atomic mass is 16.5. The number of aromatic nitrogens is 1. The highest BCUT2D eigenvalue weighted by molar-refractivity contribution is 5.88. The van der Waals surface area contributed by atoms with Gasteiger partial charge in [0.2, 0.25) is 5.91 Å². The highest BCUT2D eigenvalue weighted by Gasteiger charge is 2.06. The number of nitrogens with one attached hydrogen (secondary N) is 1. The molecular formula is C16H16N2O3. The first kappa shape index (κ1) is 14.7. The number of carbonyl (C=O) groups excluding carboxylic acids is 2. The van der Waals surface area contributed by atoms with Crippen LogP contribution in [0.4, 0.5) is 5.69 Å². The molecule has 1 heterocycles. The van der Waals surface area contributed by atoms with Crippen molar-refractivity contribution in [1.82, 2.24) is 4.98 Å². The number of amides is 1. The third-order valence-corrected chi connectivity index (χ3v) is 2.73. The molecule has 5 heteroatoms. The van der Waals surface area contributed by atoms with Gasteiger partial charge in [0.1, 0.15) is 6.61 Å². The van der Waals surface area contributed by atoms with Crippen LogP contribution >= 0.6 is 0 Å². The van der Waals surface area contributed by atoms with Gasteiger partial charge in [-0.2, -0.15) is 0 Å². The van der Waals surface area contributed by atoms with Crippen molar-refractivity contribution in [3.05, 3.63) is 59.9 Å². The quantitative estimate of drug-likeness (QED) is 0.856. The molecule has 5 nitrogen and oxygen atoms in total. The van der Waals surface area contributed by atoms with Crippen molar-refractivity contribution < 1.29 is 14.3 Å². The Morgan fingerprint density at radius 2 is 1.90 bits per heavy atom. The van der Waals surface area contributed by atoms with Gasteiger partial charge >= 0.3 is 5.97 Å². The van der Waals surface area contributed by atoms with Crippen LogP contribution in [0, 0.1) is 0 Å². The van der Waals surface area contributed by atoms with Crippen LogP contribution in [0.25, 0.3) is 0 Å². The molecule has 2 aromatic rings. The lowest BCUT2D eigenvalue weighted by Gasteiger charge is -2.06. The minimum atomic E-state index is -0.312. The molecule has 2 rings (SSSR count). The average molecular weight is 284 g/mol. The second-order valence-electron chi connectivity index (χ2n) is 4.54. The van der Waals surface area contributed by atoms with Crippen molar-refractivity contribution in [2.45, 2.75) is 20.0 Å². The lowest BCUT2D eigenvalue weighted by molar-refractivity contribution is -0.144. The Morgan fingerprint density at radius 1 is 1.14 bits per heavy atom. The van der Waals surface area contributed by atoms with Crippen LogP contribution in [-0.2, 0) is 27.4 Å². The lowest BCUT2D eigenvalue weighted by atomic mass is 10.1. The molecule has 0 spiro atoms. The number of benzene rings is 1. The summed E-state index contributed by atoms with van der Waals surface area (Å²) in [4.78, 5) is 26.7. The van der Waals surface area contributed by atoms with Crippen molar-refractivity contribution in [2.24, 2.45) is 0 Å². The summed E-state index contributed by atoms with van der Waals surface area (Å²) >= 11 is 0. The summed E-state index contributed by atoms with van der Waals surface area (Å²) in [5.41, 5.74) is 2.25. The van der Waals surface area contributed by atoms with E-state index in [1.54, 1.807) is 36.5 Å². The summed E-state index contributed by atoms with van der Waals surface area (Å²) in [6.07, 6.45) is 1.84. The van der Waals surface area contributed by atoms with E-state index in [2.05, 4.69) is 10.3 Å². The van der Waals surface area contributed by atoms with Gasteiger partial charge in [-0.1, -0.05) is 18.2 Å². The van der Waals surface area contributed by atoms with E-state index in [0.717, 1.165) is 5.56 Å². The van der Waals surface area contributed by atoms with Crippen LogP contribution in [-0.4, -0.2) is 16.9 Å². The fraction of sp³-hybridized carbons (Fsp3) is 0.188. The molecule has 0 saturated heterocycles. The summed E-state index contributed by atoms with van der Waals surface area (Å²) in [5.74, 6) is -0.439. The lowest BCUT2D eigenvalue weighted by Crippen LogP contribution is -2.09. The normalized spacial score (nSPS) is 9.95. The fourth-order valence-electron chi connectivity index (χ4n) is 1.76. The van der Waals surface area contributed by atoms with E-state index < -0.39 is 0 Å². The van der Waals surface area contributed by atoms with E-state index in [0.29, 0.717) is 11.4 Å². The molecule has 1 aromatic carbocycles. The Kier molecular flexibility index (Phi) is 5.04. The van der Waals surface area contributed by atoms with Gasteiger partial charge in [-0.05, 0) is 29.8 Å². The fourth-order valence-corrected chi connectivity index (χ4v) is 1.76. The molecule has 1 N–H and O–H groups in total. The zero-order valence-electron chi connectivity index (χ0n) is 11.7. The van der Waals surface area contributed by atoms with Gasteiger partial charge in [0.15, 0.2) is 0 Å². The monoisotopic (exact) mass is 284 g/mol. The predicted molar refractivity (Wildman–Crippen MR) is 78.5 cm³/mol. The van der Waals surface area contributed by atoms with Crippen LogP contribution < -0.4 is 5.32 Å².